The highest BCUT2D eigenvalue weighted by atomic mass is 32.2. The van der Waals surface area contributed by atoms with E-state index in [4.69, 9.17) is 4.74 Å². The molecule has 0 unspecified atom stereocenters. The van der Waals surface area contributed by atoms with Crippen molar-refractivity contribution in [3.63, 3.8) is 0 Å². The first-order valence-corrected chi connectivity index (χ1v) is 14.3. The van der Waals surface area contributed by atoms with E-state index in [-0.39, 0.29) is 39.4 Å². The number of ether oxygens (including phenoxy) is 2. The molecule has 0 aliphatic carbocycles. The molecule has 2 heterocycles. The summed E-state index contributed by atoms with van der Waals surface area (Å²) in [6.45, 7) is -0.326. The fraction of sp³-hybridized carbons (Fsp3) is 0.207. The maximum atomic E-state index is 15.0. The van der Waals surface area contributed by atoms with E-state index in [1.165, 1.54) is 36.7 Å². The molecule has 0 atom stereocenters. The highest BCUT2D eigenvalue weighted by Crippen LogP contribution is 2.33. The lowest BCUT2D eigenvalue weighted by molar-refractivity contribution is -0.274. The Balaban J connectivity index is 1.30. The number of carbonyl (C=O) groups is 2. The van der Waals surface area contributed by atoms with E-state index in [0.717, 1.165) is 39.5 Å². The predicted molar refractivity (Wildman–Crippen MR) is 157 cm³/mol. The number of urea groups is 1. The molecule has 3 amide bonds. The number of rotatable bonds is 8. The maximum Gasteiger partial charge on any atom is 0.573 e. The number of aryl methyl sites for hydroxylation is 1. The molecule has 1 aliphatic rings. The number of hydrogen-bond donors (Lipinski definition) is 1. The smallest absolute Gasteiger partial charge is 0.406 e. The number of benzene rings is 3. The van der Waals surface area contributed by atoms with Gasteiger partial charge in [-0.15, -0.1) is 18.3 Å². The van der Waals surface area contributed by atoms with Crippen LogP contribution in [0.15, 0.2) is 72.0 Å². The zero-order chi connectivity index (χ0) is 33.9. The Morgan fingerprint density at radius 2 is 1.83 bits per heavy atom. The number of amidine groups is 1. The van der Waals surface area contributed by atoms with Gasteiger partial charge < -0.3 is 14.8 Å². The monoisotopic (exact) mass is 682 g/mol. The second kappa shape index (κ2) is 13.4. The van der Waals surface area contributed by atoms with Crippen molar-refractivity contribution in [1.29, 1.82) is 0 Å². The molecule has 0 saturated carbocycles. The zero-order valence-electron chi connectivity index (χ0n) is 23.9. The van der Waals surface area contributed by atoms with Gasteiger partial charge in [0.25, 0.3) is 0 Å². The topological polar surface area (TPSA) is 111 Å². The van der Waals surface area contributed by atoms with Crippen molar-refractivity contribution in [2.45, 2.75) is 26.1 Å². The average Bonchev–Trinajstić information content (AvgIpc) is 3.61. The van der Waals surface area contributed by atoms with Gasteiger partial charge in [-0.2, -0.15) is 18.2 Å². The van der Waals surface area contributed by atoms with Gasteiger partial charge in [0.2, 0.25) is 5.91 Å². The number of aliphatic imine (C=N–C) groups is 1. The number of carbonyl (C=O) groups excluding carboxylic acids is 2. The Morgan fingerprint density at radius 1 is 1.06 bits per heavy atom. The largest absolute Gasteiger partial charge is 0.573 e. The Labute approximate surface area is 265 Å². The van der Waals surface area contributed by atoms with Crippen LogP contribution in [0, 0.1) is 12.7 Å². The van der Waals surface area contributed by atoms with Gasteiger partial charge in [-0.3, -0.25) is 9.69 Å². The third-order valence-electron chi connectivity index (χ3n) is 6.38. The van der Waals surface area contributed by atoms with Gasteiger partial charge in [0.1, 0.15) is 24.5 Å². The van der Waals surface area contributed by atoms with E-state index in [1.807, 2.05) is 0 Å². The van der Waals surface area contributed by atoms with Crippen molar-refractivity contribution in [3.8, 4) is 22.8 Å². The molecule has 1 aromatic heterocycles. The molecule has 1 saturated heterocycles. The van der Waals surface area contributed by atoms with Crippen LogP contribution in [0.5, 0.6) is 5.75 Å². The SMILES string of the molecule is Cc1cccc(N2C(=O)CSC2=NC(=O)Nc2ccc(-c3ncn(-c4cccc(OC(F)(F)F)c4)n3)cc2F)c1COCC(F)(F)F. The Kier molecular flexibility index (Phi) is 9.53. The van der Waals surface area contributed by atoms with Gasteiger partial charge in [-0.1, -0.05) is 30.0 Å². The molecule has 47 heavy (non-hydrogen) atoms. The first-order valence-electron chi connectivity index (χ1n) is 13.3. The summed E-state index contributed by atoms with van der Waals surface area (Å²) in [6.07, 6.45) is -8.23. The number of alkyl halides is 6. The van der Waals surface area contributed by atoms with Crippen LogP contribution >= 0.6 is 11.8 Å². The Morgan fingerprint density at radius 3 is 2.55 bits per heavy atom. The van der Waals surface area contributed by atoms with E-state index < -0.39 is 49.3 Å². The quantitative estimate of drug-likeness (QED) is 0.199. The predicted octanol–water partition coefficient (Wildman–Crippen LogP) is 7.03. The summed E-state index contributed by atoms with van der Waals surface area (Å²) in [6, 6.07) is 12.3. The summed E-state index contributed by atoms with van der Waals surface area (Å²) in [5.74, 6) is -1.94. The number of nitrogens with one attached hydrogen (secondary N) is 1. The highest BCUT2D eigenvalue weighted by molar-refractivity contribution is 8.15. The van der Waals surface area contributed by atoms with Crippen LogP contribution in [0.3, 0.4) is 0 Å². The van der Waals surface area contributed by atoms with Gasteiger partial charge in [-0.25, -0.2) is 18.9 Å². The molecule has 0 radical (unpaired) electrons. The minimum absolute atomic E-state index is 0.0221. The molecule has 1 N–H and O–H groups in total. The first kappa shape index (κ1) is 33.4. The van der Waals surface area contributed by atoms with Gasteiger partial charge >= 0.3 is 18.6 Å². The average molecular weight is 683 g/mol. The van der Waals surface area contributed by atoms with Crippen LogP contribution in [0.4, 0.5) is 46.9 Å². The molecule has 0 spiro atoms. The second-order valence-electron chi connectivity index (χ2n) is 9.78. The third kappa shape index (κ3) is 8.44. The van der Waals surface area contributed by atoms with Gasteiger partial charge in [0.05, 0.1) is 29.4 Å². The molecule has 5 rings (SSSR count). The van der Waals surface area contributed by atoms with E-state index in [1.54, 1.807) is 19.1 Å². The summed E-state index contributed by atoms with van der Waals surface area (Å²) in [4.78, 5) is 34.6. The number of aromatic nitrogens is 3. The molecule has 10 nitrogen and oxygen atoms in total. The third-order valence-corrected chi connectivity index (χ3v) is 7.30. The standard InChI is InChI=1S/C29H21F7N6O4S/c1-16-4-2-7-23(20(16)12-45-14-28(31,32)33)42-24(43)13-47-27(42)39-26(44)38-22-9-8-17(10-21(22)30)25-37-15-41(40-25)18-5-3-6-19(11-18)46-29(34,35)36/h2-11,15H,12-14H2,1H3,(H,38,44). The summed E-state index contributed by atoms with van der Waals surface area (Å²) < 4.78 is 101. The lowest BCUT2D eigenvalue weighted by atomic mass is 10.1. The second-order valence-corrected chi connectivity index (χ2v) is 10.7. The molecule has 1 fully saturated rings. The van der Waals surface area contributed by atoms with E-state index in [9.17, 15) is 35.9 Å². The fourth-order valence-corrected chi connectivity index (χ4v) is 5.22. The van der Waals surface area contributed by atoms with Crippen LogP contribution in [0.1, 0.15) is 11.1 Å². The van der Waals surface area contributed by atoms with Crippen molar-refractivity contribution in [2.75, 3.05) is 22.6 Å². The Hall–Kier alpha value is -4.97. The fourth-order valence-electron chi connectivity index (χ4n) is 4.36. The minimum Gasteiger partial charge on any atom is -0.406 e. The van der Waals surface area contributed by atoms with Crippen molar-refractivity contribution < 1.29 is 49.8 Å². The summed E-state index contributed by atoms with van der Waals surface area (Å²) in [5.41, 5.74) is 1.12. The van der Waals surface area contributed by atoms with E-state index >= 15 is 4.39 Å². The van der Waals surface area contributed by atoms with E-state index in [0.29, 0.717) is 11.1 Å². The van der Waals surface area contributed by atoms with Gasteiger partial charge in [0, 0.05) is 17.2 Å². The molecule has 3 aromatic carbocycles. The number of nitrogens with zero attached hydrogens (tertiary/aromatic N) is 5. The van der Waals surface area contributed by atoms with Crippen molar-refractivity contribution >= 4 is 40.2 Å². The summed E-state index contributed by atoms with van der Waals surface area (Å²) in [5, 5.41) is 6.37. The lowest BCUT2D eigenvalue weighted by Gasteiger charge is -2.21. The Bertz CT molecular complexity index is 1840. The van der Waals surface area contributed by atoms with Gasteiger partial charge in [0.15, 0.2) is 11.0 Å². The number of hydrogen-bond acceptors (Lipinski definition) is 7. The van der Waals surface area contributed by atoms with Crippen LogP contribution in [0.25, 0.3) is 17.1 Å². The number of anilines is 2. The summed E-state index contributed by atoms with van der Waals surface area (Å²) in [7, 11) is 0. The van der Waals surface area contributed by atoms with Crippen molar-refractivity contribution in [1.82, 2.24) is 14.8 Å². The minimum atomic E-state index is -4.89. The van der Waals surface area contributed by atoms with Gasteiger partial charge in [-0.05, 0) is 48.9 Å². The van der Waals surface area contributed by atoms with Crippen LogP contribution < -0.4 is 15.0 Å². The molecular formula is C29H21F7N6O4S. The molecule has 18 heteroatoms. The highest BCUT2D eigenvalue weighted by Gasteiger charge is 2.34. The molecule has 246 valence electrons. The van der Waals surface area contributed by atoms with Crippen LogP contribution in [0.2, 0.25) is 0 Å². The zero-order valence-corrected chi connectivity index (χ0v) is 24.7. The molecular weight excluding hydrogens is 661 g/mol. The number of thioether (sulfide) groups is 1. The maximum absolute atomic E-state index is 15.0. The normalized spacial score (nSPS) is 14.6. The number of halogens is 7. The van der Waals surface area contributed by atoms with Crippen LogP contribution in [-0.4, -0.2) is 56.8 Å². The van der Waals surface area contributed by atoms with Crippen LogP contribution in [-0.2, 0) is 16.1 Å². The van der Waals surface area contributed by atoms with Crippen molar-refractivity contribution in [3.05, 3.63) is 83.9 Å². The molecule has 4 aromatic rings. The molecule has 0 bridgehead atoms. The summed E-state index contributed by atoms with van der Waals surface area (Å²) >= 11 is 0.911. The first-order chi connectivity index (χ1) is 22.2. The van der Waals surface area contributed by atoms with Crippen molar-refractivity contribution in [2.24, 2.45) is 4.99 Å². The molecule has 1 aliphatic heterocycles. The lowest BCUT2D eigenvalue weighted by Crippen LogP contribution is -2.31. The van der Waals surface area contributed by atoms with E-state index in [2.05, 4.69) is 25.1 Å². The number of amides is 3.